The first kappa shape index (κ1) is 19.5. The Morgan fingerprint density at radius 2 is 2.12 bits per heavy atom. The molecule has 2 rings (SSSR count). The van der Waals surface area contributed by atoms with E-state index in [1.165, 1.54) is 5.57 Å². The van der Waals surface area contributed by atoms with E-state index in [9.17, 15) is 10.1 Å². The van der Waals surface area contributed by atoms with Gasteiger partial charge in [-0.2, -0.15) is 0 Å². The molecule has 1 atom stereocenters. The van der Waals surface area contributed by atoms with Crippen LogP contribution in [0.4, 0.5) is 0 Å². The second-order valence-corrected chi connectivity index (χ2v) is 6.91. The van der Waals surface area contributed by atoms with Crippen LogP contribution in [0.2, 0.25) is 6.32 Å². The van der Waals surface area contributed by atoms with E-state index in [4.69, 9.17) is 4.65 Å². The van der Waals surface area contributed by atoms with Crippen molar-refractivity contribution < 1.29 is 14.8 Å². The zero-order chi connectivity index (χ0) is 18.4. The third kappa shape index (κ3) is 5.35. The molecule has 1 aliphatic heterocycles. The minimum absolute atomic E-state index is 0.127. The SMILES string of the molecule is C=C(C1=CCB(O)OC1CC/C(=C/c1ccccc1O)CC)C(C)C. The first-order chi connectivity index (χ1) is 11.9. The molecule has 3 nitrogen and oxygen atoms in total. The highest BCUT2D eigenvalue weighted by Gasteiger charge is 2.28. The number of phenols is 1. The maximum absolute atomic E-state index is 9.96. The standard InChI is InChI=1S/C21H29BO3/c1-5-17(14-18-8-6-7-9-20(18)23)10-11-21-19(16(4)15(2)3)12-13-22(24)25-21/h6-9,12,14-15,21,23-24H,4-5,10-11,13H2,1-3H3/b17-14+. The highest BCUT2D eigenvalue weighted by Crippen LogP contribution is 2.31. The van der Waals surface area contributed by atoms with Crippen LogP contribution >= 0.6 is 0 Å². The summed E-state index contributed by atoms with van der Waals surface area (Å²) in [6.45, 7) is 10.6. The van der Waals surface area contributed by atoms with E-state index in [-0.39, 0.29) is 6.10 Å². The molecule has 1 aromatic rings. The largest absolute Gasteiger partial charge is 0.507 e. The van der Waals surface area contributed by atoms with Crippen LogP contribution in [-0.2, 0) is 4.65 Å². The van der Waals surface area contributed by atoms with Gasteiger partial charge in [-0.25, -0.2) is 0 Å². The maximum atomic E-state index is 9.96. The summed E-state index contributed by atoms with van der Waals surface area (Å²) in [5, 5.41) is 19.8. The second kappa shape index (κ2) is 9.07. The van der Waals surface area contributed by atoms with Crippen molar-refractivity contribution in [2.45, 2.75) is 52.5 Å². The van der Waals surface area contributed by atoms with Gasteiger partial charge in [0, 0.05) is 11.9 Å². The monoisotopic (exact) mass is 340 g/mol. The number of allylic oxidation sites excluding steroid dienone is 2. The summed E-state index contributed by atoms with van der Waals surface area (Å²) < 4.78 is 5.79. The number of benzene rings is 1. The Hall–Kier alpha value is -1.78. The predicted octanol–water partition coefficient (Wildman–Crippen LogP) is 4.98. The van der Waals surface area contributed by atoms with E-state index in [1.807, 2.05) is 18.2 Å². The topological polar surface area (TPSA) is 49.7 Å². The summed E-state index contributed by atoms with van der Waals surface area (Å²) in [5.74, 6) is 0.654. The lowest BCUT2D eigenvalue weighted by Crippen LogP contribution is -2.32. The first-order valence-corrected chi connectivity index (χ1v) is 9.12. The maximum Gasteiger partial charge on any atom is 0.458 e. The lowest BCUT2D eigenvalue weighted by molar-refractivity contribution is 0.182. The van der Waals surface area contributed by atoms with Gasteiger partial charge in [0.05, 0.1) is 6.10 Å². The molecule has 0 fully saturated rings. The zero-order valence-electron chi connectivity index (χ0n) is 15.5. The summed E-state index contributed by atoms with van der Waals surface area (Å²) in [4.78, 5) is 0. The van der Waals surface area contributed by atoms with Gasteiger partial charge in [0.1, 0.15) is 5.75 Å². The van der Waals surface area contributed by atoms with Crippen LogP contribution in [0.5, 0.6) is 5.75 Å². The van der Waals surface area contributed by atoms with Gasteiger partial charge in [-0.3, -0.25) is 0 Å². The molecule has 25 heavy (non-hydrogen) atoms. The Bertz CT molecular complexity index is 661. The molecule has 0 spiro atoms. The number of hydrogen-bond donors (Lipinski definition) is 2. The molecule has 2 N–H and O–H groups in total. The van der Waals surface area contributed by atoms with E-state index in [0.29, 0.717) is 18.0 Å². The summed E-state index contributed by atoms with van der Waals surface area (Å²) in [6, 6.07) is 7.36. The van der Waals surface area contributed by atoms with Crippen LogP contribution in [-0.4, -0.2) is 23.4 Å². The molecule has 0 saturated heterocycles. The number of aromatic hydroxyl groups is 1. The van der Waals surface area contributed by atoms with Crippen molar-refractivity contribution in [3.8, 4) is 5.75 Å². The Balaban J connectivity index is 2.11. The third-order valence-corrected chi connectivity index (χ3v) is 4.75. The van der Waals surface area contributed by atoms with Crippen molar-refractivity contribution in [3.05, 3.63) is 59.2 Å². The van der Waals surface area contributed by atoms with Gasteiger partial charge < -0.3 is 14.8 Å². The van der Waals surface area contributed by atoms with E-state index in [1.54, 1.807) is 6.07 Å². The van der Waals surface area contributed by atoms with E-state index >= 15 is 0 Å². The number of phenolic OH excluding ortho intramolecular Hbond substituents is 1. The van der Waals surface area contributed by atoms with Crippen molar-refractivity contribution in [2.24, 2.45) is 5.92 Å². The fraction of sp³-hybridized carbons (Fsp3) is 0.429. The van der Waals surface area contributed by atoms with Crippen molar-refractivity contribution in [1.82, 2.24) is 0 Å². The smallest absolute Gasteiger partial charge is 0.458 e. The molecule has 1 heterocycles. The van der Waals surface area contributed by atoms with Gasteiger partial charge in [0.15, 0.2) is 0 Å². The van der Waals surface area contributed by atoms with Gasteiger partial charge >= 0.3 is 7.12 Å². The van der Waals surface area contributed by atoms with Gasteiger partial charge in [-0.05, 0) is 42.4 Å². The van der Waals surface area contributed by atoms with E-state index in [0.717, 1.165) is 36.0 Å². The van der Waals surface area contributed by atoms with Crippen LogP contribution in [0.25, 0.3) is 6.08 Å². The zero-order valence-corrected chi connectivity index (χ0v) is 15.5. The average molecular weight is 340 g/mol. The molecule has 0 saturated carbocycles. The predicted molar refractivity (Wildman–Crippen MR) is 105 cm³/mol. The third-order valence-electron chi connectivity index (χ3n) is 4.75. The summed E-state index contributed by atoms with van der Waals surface area (Å²) >= 11 is 0. The van der Waals surface area contributed by atoms with E-state index < -0.39 is 7.12 Å². The van der Waals surface area contributed by atoms with Gasteiger partial charge in [0.25, 0.3) is 0 Å². The number of rotatable bonds is 7. The molecular formula is C21H29BO3. The second-order valence-electron chi connectivity index (χ2n) is 6.91. The minimum atomic E-state index is -0.735. The first-order valence-electron chi connectivity index (χ1n) is 9.12. The van der Waals surface area contributed by atoms with Gasteiger partial charge in [-0.15, -0.1) is 0 Å². The van der Waals surface area contributed by atoms with Crippen LogP contribution in [0.3, 0.4) is 0 Å². The van der Waals surface area contributed by atoms with Crippen LogP contribution in [0.1, 0.15) is 45.6 Å². The molecule has 1 aromatic carbocycles. The lowest BCUT2D eigenvalue weighted by Gasteiger charge is -2.29. The molecule has 1 unspecified atom stereocenters. The number of para-hydroxylation sites is 1. The molecule has 0 amide bonds. The van der Waals surface area contributed by atoms with Crippen molar-refractivity contribution >= 4 is 13.2 Å². The molecule has 1 aliphatic rings. The minimum Gasteiger partial charge on any atom is -0.507 e. The number of hydrogen-bond acceptors (Lipinski definition) is 3. The van der Waals surface area contributed by atoms with Gasteiger partial charge in [-0.1, -0.05) is 63.3 Å². The van der Waals surface area contributed by atoms with E-state index in [2.05, 4.69) is 39.5 Å². The molecule has 134 valence electrons. The van der Waals surface area contributed by atoms with Crippen molar-refractivity contribution in [2.75, 3.05) is 0 Å². The van der Waals surface area contributed by atoms with Gasteiger partial charge in [0.2, 0.25) is 0 Å². The fourth-order valence-electron chi connectivity index (χ4n) is 3.07. The highest BCUT2D eigenvalue weighted by molar-refractivity contribution is 6.43. The quantitative estimate of drug-likeness (QED) is 0.688. The molecule has 0 radical (unpaired) electrons. The Kier molecular flexibility index (Phi) is 7.09. The van der Waals surface area contributed by atoms with Crippen LogP contribution in [0, 0.1) is 5.92 Å². The molecule has 4 heteroatoms. The van der Waals surface area contributed by atoms with Crippen molar-refractivity contribution in [1.29, 1.82) is 0 Å². The Morgan fingerprint density at radius 1 is 1.40 bits per heavy atom. The normalized spacial score (nSPS) is 18.4. The Morgan fingerprint density at radius 3 is 2.76 bits per heavy atom. The van der Waals surface area contributed by atoms with Crippen molar-refractivity contribution in [3.63, 3.8) is 0 Å². The lowest BCUT2D eigenvalue weighted by atomic mass is 9.76. The molecular weight excluding hydrogens is 311 g/mol. The highest BCUT2D eigenvalue weighted by atomic mass is 16.5. The summed E-state index contributed by atoms with van der Waals surface area (Å²) in [6.07, 6.45) is 7.07. The summed E-state index contributed by atoms with van der Waals surface area (Å²) in [7, 11) is -0.735. The fourth-order valence-corrected chi connectivity index (χ4v) is 3.07. The molecule has 0 bridgehead atoms. The summed E-state index contributed by atoms with van der Waals surface area (Å²) in [5.41, 5.74) is 4.30. The Labute approximate surface area is 151 Å². The average Bonchev–Trinajstić information content (AvgIpc) is 2.59. The molecule has 0 aliphatic carbocycles. The molecule has 0 aromatic heterocycles. The van der Waals surface area contributed by atoms with Crippen LogP contribution in [0.15, 0.2) is 53.6 Å². The van der Waals surface area contributed by atoms with Crippen LogP contribution < -0.4 is 0 Å².